The summed E-state index contributed by atoms with van der Waals surface area (Å²) in [5.74, 6) is 0.107. The van der Waals surface area contributed by atoms with Crippen molar-refractivity contribution in [3.63, 3.8) is 0 Å². The third-order valence-electron chi connectivity index (χ3n) is 5.50. The third-order valence-corrected chi connectivity index (χ3v) is 5.50. The van der Waals surface area contributed by atoms with Gasteiger partial charge in [-0.2, -0.15) is 0 Å². The van der Waals surface area contributed by atoms with Crippen molar-refractivity contribution in [2.45, 2.75) is 24.9 Å². The molecule has 1 fully saturated rings. The van der Waals surface area contributed by atoms with Crippen molar-refractivity contribution in [2.24, 2.45) is 0 Å². The molecule has 3 aromatic rings. The number of aromatic nitrogens is 1. The Bertz CT molecular complexity index is 916. The lowest BCUT2D eigenvalue weighted by Gasteiger charge is -2.37. The smallest absolute Gasteiger partial charge is 0.226 e. The summed E-state index contributed by atoms with van der Waals surface area (Å²) in [7, 11) is 0. The maximum atomic E-state index is 12.7. The molecule has 28 heavy (non-hydrogen) atoms. The van der Waals surface area contributed by atoms with Gasteiger partial charge in [-0.05, 0) is 41.7 Å². The predicted molar refractivity (Wildman–Crippen MR) is 110 cm³/mol. The Kier molecular flexibility index (Phi) is 5.22. The zero-order valence-corrected chi connectivity index (χ0v) is 15.8. The lowest BCUT2D eigenvalue weighted by molar-refractivity contribution is -0.135. The van der Waals surface area contributed by atoms with Gasteiger partial charge in [-0.3, -0.25) is 9.78 Å². The fourth-order valence-electron chi connectivity index (χ4n) is 3.75. The fraction of sp³-hybridized carbons (Fsp3) is 0.250. The molecule has 2 aromatic carbocycles. The van der Waals surface area contributed by atoms with Gasteiger partial charge in [0.05, 0.1) is 12.1 Å². The normalized spacial score (nSPS) is 16.0. The second kappa shape index (κ2) is 7.95. The van der Waals surface area contributed by atoms with Gasteiger partial charge in [-0.25, -0.2) is 0 Å². The highest BCUT2D eigenvalue weighted by Gasteiger charge is 2.36. The summed E-state index contributed by atoms with van der Waals surface area (Å²) in [4.78, 5) is 18.8. The lowest BCUT2D eigenvalue weighted by atomic mass is 9.87. The number of nitrogens with zero attached hydrogens (tertiary/aromatic N) is 2. The Morgan fingerprint density at radius 3 is 2.18 bits per heavy atom. The first kappa shape index (κ1) is 18.4. The number of carbonyl (C=O) groups excluding carboxylic acids is 1. The molecule has 0 bridgehead atoms. The van der Waals surface area contributed by atoms with Crippen LogP contribution in [0.2, 0.25) is 0 Å². The van der Waals surface area contributed by atoms with Crippen molar-refractivity contribution >= 4 is 5.91 Å². The molecule has 0 spiro atoms. The molecule has 1 aliphatic rings. The van der Waals surface area contributed by atoms with E-state index in [4.69, 9.17) is 0 Å². The molecular weight excluding hydrogens is 348 g/mol. The van der Waals surface area contributed by atoms with E-state index in [9.17, 15) is 9.90 Å². The zero-order valence-electron chi connectivity index (χ0n) is 15.8. The minimum atomic E-state index is -0.935. The number of carbonyl (C=O) groups is 1. The van der Waals surface area contributed by atoms with Crippen LogP contribution < -0.4 is 0 Å². The molecule has 0 saturated carbocycles. The maximum absolute atomic E-state index is 12.7. The molecule has 4 heteroatoms. The van der Waals surface area contributed by atoms with Gasteiger partial charge in [-0.1, -0.05) is 60.7 Å². The number of hydrogen-bond donors (Lipinski definition) is 1. The monoisotopic (exact) mass is 372 g/mol. The van der Waals surface area contributed by atoms with E-state index in [1.807, 2.05) is 53.4 Å². The summed E-state index contributed by atoms with van der Waals surface area (Å²) in [6, 6.07) is 24.0. The highest BCUT2D eigenvalue weighted by Crippen LogP contribution is 2.31. The SMILES string of the molecule is O=C(Cc1ccc(-c2ccccc2)cc1)N1CCC(O)(c2ccccn2)CC1. The van der Waals surface area contributed by atoms with Gasteiger partial charge in [0.15, 0.2) is 0 Å². The van der Waals surface area contributed by atoms with Crippen LogP contribution in [0.25, 0.3) is 11.1 Å². The van der Waals surface area contributed by atoms with E-state index in [0.29, 0.717) is 38.0 Å². The summed E-state index contributed by atoms with van der Waals surface area (Å²) >= 11 is 0. The van der Waals surface area contributed by atoms with Crippen LogP contribution in [0.5, 0.6) is 0 Å². The molecular formula is C24H24N2O2. The molecule has 0 unspecified atom stereocenters. The minimum Gasteiger partial charge on any atom is -0.383 e. The Hall–Kier alpha value is -2.98. The highest BCUT2D eigenvalue weighted by molar-refractivity contribution is 5.79. The second-order valence-electron chi connectivity index (χ2n) is 7.37. The summed E-state index contributed by atoms with van der Waals surface area (Å²) < 4.78 is 0. The summed E-state index contributed by atoms with van der Waals surface area (Å²) in [5, 5.41) is 10.9. The Morgan fingerprint density at radius 1 is 0.893 bits per heavy atom. The van der Waals surface area contributed by atoms with Crippen LogP contribution >= 0.6 is 0 Å². The van der Waals surface area contributed by atoms with Gasteiger partial charge < -0.3 is 10.0 Å². The average Bonchev–Trinajstić information content (AvgIpc) is 2.76. The Labute approximate surface area is 165 Å². The third kappa shape index (κ3) is 3.97. The number of hydrogen-bond acceptors (Lipinski definition) is 3. The van der Waals surface area contributed by atoms with Crippen LogP contribution in [-0.2, 0) is 16.8 Å². The minimum absolute atomic E-state index is 0.107. The molecule has 2 heterocycles. The van der Waals surface area contributed by atoms with E-state index in [0.717, 1.165) is 11.1 Å². The van der Waals surface area contributed by atoms with E-state index >= 15 is 0 Å². The molecule has 1 N–H and O–H groups in total. The number of aliphatic hydroxyl groups is 1. The summed E-state index contributed by atoms with van der Waals surface area (Å²) in [5.41, 5.74) is 3.09. The average molecular weight is 372 g/mol. The molecule has 0 atom stereocenters. The van der Waals surface area contributed by atoms with Gasteiger partial charge in [0.1, 0.15) is 5.60 Å². The van der Waals surface area contributed by atoms with Crippen molar-refractivity contribution in [2.75, 3.05) is 13.1 Å². The number of rotatable bonds is 4. The molecule has 1 saturated heterocycles. The van der Waals surface area contributed by atoms with Gasteiger partial charge in [-0.15, -0.1) is 0 Å². The van der Waals surface area contributed by atoms with Gasteiger partial charge in [0, 0.05) is 19.3 Å². The van der Waals surface area contributed by atoms with Gasteiger partial charge in [0.2, 0.25) is 5.91 Å². The van der Waals surface area contributed by atoms with E-state index in [1.165, 1.54) is 5.56 Å². The van der Waals surface area contributed by atoms with Crippen LogP contribution in [0.15, 0.2) is 79.0 Å². The van der Waals surface area contributed by atoms with Crippen molar-refractivity contribution in [3.8, 4) is 11.1 Å². The van der Waals surface area contributed by atoms with Crippen LogP contribution in [-0.4, -0.2) is 34.0 Å². The van der Waals surface area contributed by atoms with Crippen molar-refractivity contribution < 1.29 is 9.90 Å². The maximum Gasteiger partial charge on any atom is 0.226 e. The number of piperidine rings is 1. The number of amides is 1. The number of benzene rings is 2. The fourth-order valence-corrected chi connectivity index (χ4v) is 3.75. The first-order chi connectivity index (χ1) is 13.6. The summed E-state index contributed by atoms with van der Waals surface area (Å²) in [6.45, 7) is 1.10. The molecule has 4 nitrogen and oxygen atoms in total. The van der Waals surface area contributed by atoms with Gasteiger partial charge >= 0.3 is 0 Å². The highest BCUT2D eigenvalue weighted by atomic mass is 16.3. The van der Waals surface area contributed by atoms with E-state index in [-0.39, 0.29) is 5.91 Å². The second-order valence-corrected chi connectivity index (χ2v) is 7.37. The topological polar surface area (TPSA) is 53.4 Å². The molecule has 142 valence electrons. The van der Waals surface area contributed by atoms with Crippen LogP contribution in [0.1, 0.15) is 24.1 Å². The summed E-state index contributed by atoms with van der Waals surface area (Å²) in [6.07, 6.45) is 3.12. The molecule has 1 aliphatic heterocycles. The number of pyridine rings is 1. The molecule has 0 aliphatic carbocycles. The Balaban J connectivity index is 1.36. The molecule has 1 aromatic heterocycles. The van der Waals surface area contributed by atoms with E-state index in [1.54, 1.807) is 6.20 Å². The van der Waals surface area contributed by atoms with Crippen LogP contribution in [0.3, 0.4) is 0 Å². The van der Waals surface area contributed by atoms with E-state index < -0.39 is 5.60 Å². The lowest BCUT2D eigenvalue weighted by Crippen LogP contribution is -2.46. The molecule has 4 rings (SSSR count). The van der Waals surface area contributed by atoms with E-state index in [2.05, 4.69) is 29.2 Å². The Morgan fingerprint density at radius 2 is 1.54 bits per heavy atom. The standard InChI is InChI=1S/C24H24N2O2/c27-23(18-19-9-11-21(12-10-19)20-6-2-1-3-7-20)26-16-13-24(28,14-17-26)22-8-4-5-15-25-22/h1-12,15,28H,13-14,16-18H2. The van der Waals surface area contributed by atoms with Crippen molar-refractivity contribution in [1.29, 1.82) is 0 Å². The largest absolute Gasteiger partial charge is 0.383 e. The van der Waals surface area contributed by atoms with Crippen molar-refractivity contribution in [3.05, 3.63) is 90.3 Å². The van der Waals surface area contributed by atoms with Crippen LogP contribution in [0.4, 0.5) is 0 Å². The first-order valence-electron chi connectivity index (χ1n) is 9.70. The van der Waals surface area contributed by atoms with Gasteiger partial charge in [0.25, 0.3) is 0 Å². The number of likely N-dealkylation sites (tertiary alicyclic amines) is 1. The molecule has 1 amide bonds. The van der Waals surface area contributed by atoms with Crippen LogP contribution in [0, 0.1) is 0 Å². The zero-order chi connectivity index (χ0) is 19.4. The quantitative estimate of drug-likeness (QED) is 0.758. The first-order valence-corrected chi connectivity index (χ1v) is 9.70. The van der Waals surface area contributed by atoms with Crippen molar-refractivity contribution in [1.82, 2.24) is 9.88 Å². The predicted octanol–water partition coefficient (Wildman–Crippen LogP) is 3.80. The molecule has 0 radical (unpaired) electrons.